The van der Waals surface area contributed by atoms with Crippen molar-refractivity contribution in [2.45, 2.75) is 19.4 Å². The quantitative estimate of drug-likeness (QED) is 0.675. The fraction of sp³-hybridized carbons (Fsp3) is 0.833. The maximum atomic E-state index is 12.4. The number of carbonyl (C=O) groups is 2. The van der Waals surface area contributed by atoms with E-state index >= 15 is 0 Å². The first kappa shape index (κ1) is 14.9. The Morgan fingerprint density at radius 1 is 1.33 bits per heavy atom. The lowest BCUT2D eigenvalue weighted by atomic mass is 9.99. The molecule has 0 bridgehead atoms. The van der Waals surface area contributed by atoms with E-state index in [1.807, 2.05) is 13.8 Å². The van der Waals surface area contributed by atoms with E-state index in [-0.39, 0.29) is 12.5 Å². The molecule has 0 saturated carbocycles. The van der Waals surface area contributed by atoms with Gasteiger partial charge >= 0.3 is 5.97 Å². The van der Waals surface area contributed by atoms with Gasteiger partial charge in [-0.25, -0.2) is 0 Å². The van der Waals surface area contributed by atoms with Crippen molar-refractivity contribution in [3.05, 3.63) is 0 Å². The maximum absolute atomic E-state index is 12.4. The van der Waals surface area contributed by atoms with E-state index in [0.29, 0.717) is 0 Å². The summed E-state index contributed by atoms with van der Waals surface area (Å²) in [7, 11) is 2.95. The zero-order valence-electron chi connectivity index (χ0n) is 11.7. The molecule has 104 valence electrons. The largest absolute Gasteiger partial charge is 0.468 e. The Bertz CT molecular complexity index is 312. The molecule has 1 fully saturated rings. The Balaban J connectivity index is 2.64. The lowest BCUT2D eigenvalue weighted by Gasteiger charge is -2.41. The minimum absolute atomic E-state index is 0.00907. The second-order valence-corrected chi connectivity index (χ2v) is 5.03. The normalized spacial score (nSPS) is 17.3. The minimum Gasteiger partial charge on any atom is -0.468 e. The van der Waals surface area contributed by atoms with E-state index in [9.17, 15) is 9.59 Å². The number of nitrogens with one attached hydrogen (secondary N) is 1. The predicted octanol–water partition coefficient (Wildman–Crippen LogP) is -0.698. The molecule has 0 aromatic rings. The highest BCUT2D eigenvalue weighted by molar-refractivity contribution is 5.88. The van der Waals surface area contributed by atoms with Gasteiger partial charge in [-0.1, -0.05) is 0 Å². The highest BCUT2D eigenvalue weighted by Crippen LogP contribution is 2.17. The lowest BCUT2D eigenvalue weighted by Crippen LogP contribution is -2.60. The number of esters is 1. The Kier molecular flexibility index (Phi) is 5.10. The molecule has 6 heteroatoms. The molecule has 0 aromatic heterocycles. The van der Waals surface area contributed by atoms with E-state index in [0.717, 1.165) is 26.2 Å². The zero-order valence-corrected chi connectivity index (χ0v) is 11.7. The number of likely N-dealkylation sites (N-methyl/N-ethyl adjacent to an activating group) is 1. The van der Waals surface area contributed by atoms with Crippen molar-refractivity contribution in [3.63, 3.8) is 0 Å². The molecule has 1 N–H and O–H groups in total. The number of nitrogens with zero attached hydrogens (tertiary/aromatic N) is 2. The Morgan fingerprint density at radius 3 is 2.39 bits per heavy atom. The van der Waals surface area contributed by atoms with Gasteiger partial charge in [0.05, 0.1) is 12.6 Å². The summed E-state index contributed by atoms with van der Waals surface area (Å²) in [6, 6.07) is 0. The zero-order chi connectivity index (χ0) is 13.8. The van der Waals surface area contributed by atoms with Gasteiger partial charge in [-0.15, -0.1) is 0 Å². The average Bonchev–Trinajstić information content (AvgIpc) is 2.38. The molecule has 1 aliphatic rings. The van der Waals surface area contributed by atoms with Crippen molar-refractivity contribution in [1.29, 1.82) is 0 Å². The number of methoxy groups -OCH3 is 1. The molecule has 1 rings (SSSR count). The number of hydrogen-bond donors (Lipinski definition) is 1. The van der Waals surface area contributed by atoms with Crippen molar-refractivity contribution in [1.82, 2.24) is 15.1 Å². The Hall–Kier alpha value is -1.14. The molecule has 1 saturated heterocycles. The van der Waals surface area contributed by atoms with Crippen LogP contribution in [0, 0.1) is 0 Å². The maximum Gasteiger partial charge on any atom is 0.325 e. The molecule has 0 aromatic carbocycles. The van der Waals surface area contributed by atoms with Gasteiger partial charge in [0.1, 0.15) is 6.54 Å². The van der Waals surface area contributed by atoms with Crippen LogP contribution in [0.2, 0.25) is 0 Å². The van der Waals surface area contributed by atoms with Gasteiger partial charge in [-0.2, -0.15) is 0 Å². The summed E-state index contributed by atoms with van der Waals surface area (Å²) in [5, 5.41) is 3.26. The van der Waals surface area contributed by atoms with Crippen LogP contribution in [0.3, 0.4) is 0 Å². The summed E-state index contributed by atoms with van der Waals surface area (Å²) in [6.07, 6.45) is 0. The van der Waals surface area contributed by atoms with E-state index in [1.54, 1.807) is 7.05 Å². The third-order valence-electron chi connectivity index (χ3n) is 3.37. The summed E-state index contributed by atoms with van der Waals surface area (Å²) < 4.78 is 4.57. The number of piperazine rings is 1. The topological polar surface area (TPSA) is 61.9 Å². The van der Waals surface area contributed by atoms with Crippen molar-refractivity contribution in [2.24, 2.45) is 0 Å². The van der Waals surface area contributed by atoms with Gasteiger partial charge in [-0.05, 0) is 13.8 Å². The Morgan fingerprint density at radius 2 is 1.89 bits per heavy atom. The molecule has 0 aliphatic carbocycles. The summed E-state index contributed by atoms with van der Waals surface area (Å²) in [5.74, 6) is -0.461. The molecular formula is C12H23N3O3. The standard InChI is InChI=1S/C12H23N3O3/c1-12(2,15-7-5-13-6-8-15)11(17)14(3)9-10(16)18-4/h13H,5-9H2,1-4H3. The summed E-state index contributed by atoms with van der Waals surface area (Å²) >= 11 is 0. The first-order chi connectivity index (χ1) is 8.39. The van der Waals surface area contributed by atoms with Crippen LogP contribution in [0.4, 0.5) is 0 Å². The summed E-state index contributed by atoms with van der Waals surface area (Å²) in [5.41, 5.74) is -0.592. The minimum atomic E-state index is -0.592. The number of hydrogen-bond acceptors (Lipinski definition) is 5. The second kappa shape index (κ2) is 6.15. The number of rotatable bonds is 4. The van der Waals surface area contributed by atoms with E-state index in [1.165, 1.54) is 12.0 Å². The molecule has 0 unspecified atom stereocenters. The van der Waals surface area contributed by atoms with Gasteiger partial charge in [0.15, 0.2) is 0 Å². The summed E-state index contributed by atoms with van der Waals surface area (Å²) in [4.78, 5) is 27.1. The molecule has 1 amide bonds. The van der Waals surface area contributed by atoms with Crippen LogP contribution in [0.25, 0.3) is 0 Å². The van der Waals surface area contributed by atoms with Crippen LogP contribution in [0.1, 0.15) is 13.8 Å². The van der Waals surface area contributed by atoms with Gasteiger partial charge in [-0.3, -0.25) is 14.5 Å². The van der Waals surface area contributed by atoms with Crippen LogP contribution < -0.4 is 5.32 Å². The van der Waals surface area contributed by atoms with Crippen molar-refractivity contribution in [3.8, 4) is 0 Å². The van der Waals surface area contributed by atoms with Crippen molar-refractivity contribution >= 4 is 11.9 Å². The average molecular weight is 257 g/mol. The molecule has 6 nitrogen and oxygen atoms in total. The second-order valence-electron chi connectivity index (χ2n) is 5.03. The van der Waals surface area contributed by atoms with Crippen LogP contribution >= 0.6 is 0 Å². The molecule has 0 atom stereocenters. The first-order valence-corrected chi connectivity index (χ1v) is 6.17. The monoisotopic (exact) mass is 257 g/mol. The molecule has 1 heterocycles. The molecule has 18 heavy (non-hydrogen) atoms. The van der Waals surface area contributed by atoms with Crippen LogP contribution in [0.5, 0.6) is 0 Å². The molecule has 0 radical (unpaired) electrons. The predicted molar refractivity (Wildman–Crippen MR) is 68.2 cm³/mol. The highest BCUT2D eigenvalue weighted by atomic mass is 16.5. The number of ether oxygens (including phenoxy) is 1. The third-order valence-corrected chi connectivity index (χ3v) is 3.37. The number of carbonyl (C=O) groups excluding carboxylic acids is 2. The van der Waals surface area contributed by atoms with Gasteiger partial charge in [0.25, 0.3) is 0 Å². The molecular weight excluding hydrogens is 234 g/mol. The highest BCUT2D eigenvalue weighted by Gasteiger charge is 2.37. The van der Waals surface area contributed by atoms with E-state index in [2.05, 4.69) is 15.0 Å². The van der Waals surface area contributed by atoms with Crippen LogP contribution in [-0.2, 0) is 14.3 Å². The van der Waals surface area contributed by atoms with Gasteiger partial charge < -0.3 is 15.0 Å². The lowest BCUT2D eigenvalue weighted by molar-refractivity contribution is -0.150. The molecule has 0 spiro atoms. The van der Waals surface area contributed by atoms with Crippen LogP contribution in [-0.4, -0.2) is 74.1 Å². The SMILES string of the molecule is COC(=O)CN(C)C(=O)C(C)(C)N1CCNCC1. The van der Waals surface area contributed by atoms with Gasteiger partial charge in [0, 0.05) is 33.2 Å². The third kappa shape index (κ3) is 3.43. The fourth-order valence-corrected chi connectivity index (χ4v) is 2.16. The Labute approximate surface area is 108 Å². The van der Waals surface area contributed by atoms with Gasteiger partial charge in [0.2, 0.25) is 5.91 Å². The molecule has 1 aliphatic heterocycles. The number of amides is 1. The van der Waals surface area contributed by atoms with E-state index in [4.69, 9.17) is 0 Å². The fourth-order valence-electron chi connectivity index (χ4n) is 2.16. The first-order valence-electron chi connectivity index (χ1n) is 6.17. The summed E-state index contributed by atoms with van der Waals surface area (Å²) in [6.45, 7) is 7.23. The van der Waals surface area contributed by atoms with Crippen molar-refractivity contribution < 1.29 is 14.3 Å². The smallest absolute Gasteiger partial charge is 0.325 e. The van der Waals surface area contributed by atoms with Crippen LogP contribution in [0.15, 0.2) is 0 Å². The van der Waals surface area contributed by atoms with Crippen molar-refractivity contribution in [2.75, 3.05) is 46.9 Å². The van der Waals surface area contributed by atoms with E-state index < -0.39 is 11.5 Å².